The highest BCUT2D eigenvalue weighted by atomic mass is 16.7. The Bertz CT molecular complexity index is 2080. The van der Waals surface area contributed by atoms with E-state index in [1.165, 1.54) is 64.2 Å². The summed E-state index contributed by atoms with van der Waals surface area (Å²) in [6.45, 7) is 4.59. The van der Waals surface area contributed by atoms with Gasteiger partial charge in [-0.05, 0) is 135 Å². The Morgan fingerprint density at radius 1 is 0.345 bits per heavy atom. The third-order valence-electron chi connectivity index (χ3n) is 13.7. The molecule has 87 heavy (non-hydrogen) atoms. The van der Waals surface area contributed by atoms with Crippen molar-refractivity contribution in [3.63, 3.8) is 0 Å². The second-order valence-corrected chi connectivity index (χ2v) is 23.0. The van der Waals surface area contributed by atoms with Crippen LogP contribution in [0.4, 0.5) is 0 Å². The van der Waals surface area contributed by atoms with Gasteiger partial charge >= 0.3 is 17.9 Å². The van der Waals surface area contributed by atoms with Gasteiger partial charge in [0.2, 0.25) is 0 Å². The summed E-state index contributed by atoms with van der Waals surface area (Å²) in [4.78, 5) is 37.6. The molecule has 0 saturated carbocycles. The third kappa shape index (κ3) is 67.8. The monoisotopic (exact) mass is 1200 g/mol. The van der Waals surface area contributed by atoms with Crippen LogP contribution < -0.4 is 0 Å². The number of rotatable bonds is 60. The molecule has 0 aliphatic heterocycles. The number of esters is 2. The molecule has 1 N–H and O–H groups in total. The molecule has 488 valence electrons. The van der Waals surface area contributed by atoms with Crippen molar-refractivity contribution >= 4 is 17.9 Å². The van der Waals surface area contributed by atoms with Crippen LogP contribution in [0.25, 0.3) is 0 Å². The molecule has 0 spiro atoms. The number of carbonyl (C=O) groups is 3. The van der Waals surface area contributed by atoms with Crippen LogP contribution in [0.3, 0.4) is 0 Å². The molecule has 0 aromatic rings. The minimum absolute atomic E-state index is 0.170. The molecule has 0 aliphatic rings. The number of carbonyl (C=O) groups excluding carboxylic acids is 2. The molecule has 9 heteroatoms. The minimum atomic E-state index is -1.53. The molecule has 0 aromatic carbocycles. The zero-order chi connectivity index (χ0) is 63.3. The molecule has 0 fully saturated rings. The maximum absolute atomic E-state index is 12.9. The lowest BCUT2D eigenvalue weighted by Gasteiger charge is -2.25. The van der Waals surface area contributed by atoms with Crippen LogP contribution in [0.5, 0.6) is 0 Å². The highest BCUT2D eigenvalue weighted by Gasteiger charge is 2.25. The molecule has 2 atom stereocenters. The van der Waals surface area contributed by atoms with Crippen molar-refractivity contribution in [1.82, 2.24) is 0 Å². The fraction of sp³-hybridized carbons (Fsp3) is 0.577. The normalized spacial score (nSPS) is 13.9. The highest BCUT2D eigenvalue weighted by Crippen LogP contribution is 2.15. The Morgan fingerprint density at radius 3 is 0.931 bits per heavy atom. The molecule has 0 aliphatic carbocycles. The van der Waals surface area contributed by atoms with E-state index in [0.29, 0.717) is 17.4 Å². The van der Waals surface area contributed by atoms with Crippen LogP contribution in [0, 0.1) is 0 Å². The first-order chi connectivity index (χ1) is 42.6. The van der Waals surface area contributed by atoms with Crippen molar-refractivity contribution in [2.75, 3.05) is 47.5 Å². The molecule has 9 nitrogen and oxygen atoms in total. The van der Waals surface area contributed by atoms with Crippen LogP contribution in [-0.4, -0.2) is 87.4 Å². The molecule has 0 amide bonds. The number of hydrogen-bond donors (Lipinski definition) is 1. The van der Waals surface area contributed by atoms with Crippen LogP contribution in [0.1, 0.15) is 232 Å². The number of carboxylic acids is 1. The third-order valence-corrected chi connectivity index (χ3v) is 13.7. The summed E-state index contributed by atoms with van der Waals surface area (Å²) in [5.41, 5.74) is 0. The summed E-state index contributed by atoms with van der Waals surface area (Å²) >= 11 is 0. The Balaban J connectivity index is 4.29. The number of ether oxygens (including phenoxy) is 4. The molecule has 0 radical (unpaired) electrons. The van der Waals surface area contributed by atoms with E-state index in [1.54, 1.807) is 0 Å². The van der Waals surface area contributed by atoms with E-state index in [-0.39, 0.29) is 38.6 Å². The highest BCUT2D eigenvalue weighted by molar-refractivity contribution is 5.71. The first-order valence-corrected chi connectivity index (χ1v) is 33.9. The summed E-state index contributed by atoms with van der Waals surface area (Å²) in [7, 11) is 5.95. The SMILES string of the molecule is CC/C=C\C/C=C\C/C=C\C/C=C\C/C=C\C/C=C\C/C=C\C/C=C\C/C=C\C/C=C\C/C=C\CCCCCC(=O)OC(COC(=O)CCCCCCCCCCCCCC/C=C\C/C=C\C/C=C\C/C=C\CC)COC(OCC[N+](C)(C)C)C(=O)O. The van der Waals surface area contributed by atoms with Crippen molar-refractivity contribution in [2.24, 2.45) is 0 Å². The van der Waals surface area contributed by atoms with Gasteiger partial charge < -0.3 is 28.5 Å². The van der Waals surface area contributed by atoms with E-state index in [0.717, 1.165) is 135 Å². The number of hydrogen-bond acceptors (Lipinski definition) is 7. The lowest BCUT2D eigenvalue weighted by atomic mass is 10.0. The average Bonchev–Trinajstić information content (AvgIpc) is 3.57. The standard InChI is InChI=1S/C78H123NO8/c1-6-8-10-12-14-16-18-20-22-24-26-28-30-32-33-34-35-36-37-38-39-40-41-42-43-45-47-49-51-53-55-57-59-61-63-65-67-69-76(81)87-74(73-86-78(77(82)83)84-71-70-79(3,4)5)72-85-75(80)68-66-64-62-60-58-56-54-52-50-48-46-44-31-29-27-25-23-21-19-17-15-13-11-9-7-2/h8-11,14-17,20-23,26-29,32-33,35-36,38-39,41-42,45,47,51,53,57,59,74,78H,6-7,12-13,18-19,24-25,30-31,34,37,40,43-44,46,48-50,52,54-56,58,60-73H2,1-5H3/p+1/b10-8-,11-9-,16-14-,17-15-,22-20-,23-21-,28-26-,29-27-,33-32-,36-35-,39-38-,42-41-,47-45-,53-51-,59-57-. The molecule has 0 saturated heterocycles. The number of likely N-dealkylation sites (N-methyl/N-ethyl adjacent to an activating group) is 1. The minimum Gasteiger partial charge on any atom is -0.477 e. The number of allylic oxidation sites excluding steroid dienone is 30. The van der Waals surface area contributed by atoms with E-state index in [9.17, 15) is 19.5 Å². The maximum Gasteiger partial charge on any atom is 0.361 e. The van der Waals surface area contributed by atoms with E-state index >= 15 is 0 Å². The molecular weight excluding hydrogens is 1080 g/mol. The number of nitrogens with zero attached hydrogens (tertiary/aromatic N) is 1. The Kier molecular flexibility index (Phi) is 62.1. The van der Waals surface area contributed by atoms with E-state index in [1.807, 2.05) is 21.1 Å². The van der Waals surface area contributed by atoms with Gasteiger partial charge in [0.1, 0.15) is 13.2 Å². The molecule has 0 rings (SSSR count). The molecule has 0 bridgehead atoms. The van der Waals surface area contributed by atoms with Crippen molar-refractivity contribution in [3.8, 4) is 0 Å². The maximum atomic E-state index is 12.9. The van der Waals surface area contributed by atoms with Crippen LogP contribution in [-0.2, 0) is 33.3 Å². The lowest BCUT2D eigenvalue weighted by Crippen LogP contribution is -2.40. The topological polar surface area (TPSA) is 108 Å². The predicted molar refractivity (Wildman–Crippen MR) is 372 cm³/mol. The second-order valence-electron chi connectivity index (χ2n) is 23.0. The fourth-order valence-electron chi connectivity index (χ4n) is 8.54. The number of quaternary nitrogens is 1. The summed E-state index contributed by atoms with van der Waals surface area (Å²) in [5, 5.41) is 9.74. The van der Waals surface area contributed by atoms with Gasteiger partial charge in [0.05, 0.1) is 34.4 Å². The summed E-state index contributed by atoms with van der Waals surface area (Å²) < 4.78 is 22.9. The molecular formula is C78H124NO8+. The Hall–Kier alpha value is -5.61. The van der Waals surface area contributed by atoms with Gasteiger partial charge in [-0.15, -0.1) is 0 Å². The molecule has 0 aromatic heterocycles. The second kappa shape index (κ2) is 66.3. The van der Waals surface area contributed by atoms with Gasteiger partial charge in [-0.2, -0.15) is 0 Å². The van der Waals surface area contributed by atoms with Crippen molar-refractivity contribution < 1.29 is 42.9 Å². The Morgan fingerprint density at radius 2 is 0.621 bits per heavy atom. The van der Waals surface area contributed by atoms with E-state index in [2.05, 4.69) is 196 Å². The van der Waals surface area contributed by atoms with Crippen LogP contribution in [0.15, 0.2) is 182 Å². The summed E-state index contributed by atoms with van der Waals surface area (Å²) in [5.74, 6) is -2.07. The van der Waals surface area contributed by atoms with Gasteiger partial charge in [0.15, 0.2) is 6.10 Å². The number of carboxylic acid groups (broad SMARTS) is 1. The van der Waals surface area contributed by atoms with Crippen molar-refractivity contribution in [3.05, 3.63) is 182 Å². The van der Waals surface area contributed by atoms with Gasteiger partial charge in [-0.25, -0.2) is 4.79 Å². The van der Waals surface area contributed by atoms with Gasteiger partial charge in [-0.3, -0.25) is 9.59 Å². The number of aliphatic carboxylic acids is 1. The van der Waals surface area contributed by atoms with Gasteiger partial charge in [0.25, 0.3) is 6.29 Å². The largest absolute Gasteiger partial charge is 0.477 e. The zero-order valence-corrected chi connectivity index (χ0v) is 55.6. The van der Waals surface area contributed by atoms with Gasteiger partial charge in [0, 0.05) is 12.8 Å². The zero-order valence-electron chi connectivity index (χ0n) is 55.6. The molecule has 2 unspecified atom stereocenters. The predicted octanol–water partition coefficient (Wildman–Crippen LogP) is 21.2. The van der Waals surface area contributed by atoms with Gasteiger partial charge in [-0.1, -0.05) is 267 Å². The average molecular weight is 1200 g/mol. The quantitative estimate of drug-likeness (QED) is 0.0211. The van der Waals surface area contributed by atoms with Crippen molar-refractivity contribution in [2.45, 2.75) is 245 Å². The Labute approximate surface area is 532 Å². The van der Waals surface area contributed by atoms with E-state index < -0.39 is 24.3 Å². The fourth-order valence-corrected chi connectivity index (χ4v) is 8.54. The molecule has 0 heterocycles. The number of unbranched alkanes of at least 4 members (excludes halogenated alkanes) is 15. The first-order valence-electron chi connectivity index (χ1n) is 33.9. The van der Waals surface area contributed by atoms with Crippen LogP contribution in [0.2, 0.25) is 0 Å². The van der Waals surface area contributed by atoms with Crippen molar-refractivity contribution in [1.29, 1.82) is 0 Å². The lowest BCUT2D eigenvalue weighted by molar-refractivity contribution is -0.870. The van der Waals surface area contributed by atoms with E-state index in [4.69, 9.17) is 18.9 Å². The van der Waals surface area contributed by atoms with Crippen LogP contribution >= 0.6 is 0 Å². The first kappa shape index (κ1) is 81.4. The summed E-state index contributed by atoms with van der Waals surface area (Å²) in [6, 6.07) is 0. The smallest absolute Gasteiger partial charge is 0.361 e. The summed E-state index contributed by atoms with van der Waals surface area (Å²) in [6.07, 6.45) is 98.5.